The fraction of sp³-hybridized carbons (Fsp3) is 0. The average molecular weight is 252 g/mol. The maximum absolute atomic E-state index is 5.77. The van der Waals surface area contributed by atoms with Crippen LogP contribution in [0.1, 0.15) is 0 Å². The molecule has 0 aliphatic rings. The molecule has 0 fully saturated rings. The van der Waals surface area contributed by atoms with Crippen LogP contribution in [-0.2, 0) is 0 Å². The minimum atomic E-state index is 0.698. The molecule has 7 nitrogen and oxygen atoms in total. The first-order valence-electron chi connectivity index (χ1n) is 5.65. The number of ether oxygens (including phenoxy) is 1. The largest absolute Gasteiger partial charge is 0.457 e. The summed E-state index contributed by atoms with van der Waals surface area (Å²) in [5, 5.41) is 8.06. The van der Waals surface area contributed by atoms with Crippen molar-refractivity contribution in [2.75, 3.05) is 0 Å². The molecule has 0 saturated carbocycles. The molecule has 0 radical (unpaired) electrons. The Labute approximate surface area is 107 Å². The van der Waals surface area contributed by atoms with Crippen LogP contribution in [0.2, 0.25) is 0 Å². The lowest BCUT2D eigenvalue weighted by Gasteiger charge is -2.05. The third-order valence-corrected chi connectivity index (χ3v) is 2.74. The molecule has 4 aromatic heterocycles. The topological polar surface area (TPSA) is 69.6 Å². The highest BCUT2D eigenvalue weighted by molar-refractivity contribution is 5.47. The van der Waals surface area contributed by atoms with Crippen LogP contribution in [0.25, 0.3) is 11.3 Å². The van der Waals surface area contributed by atoms with Gasteiger partial charge in [0.2, 0.25) is 0 Å². The number of aromatic nitrogens is 6. The van der Waals surface area contributed by atoms with Crippen molar-refractivity contribution >= 4 is 11.3 Å². The summed E-state index contributed by atoms with van der Waals surface area (Å²) in [7, 11) is 0. The Kier molecular flexibility index (Phi) is 1.99. The summed E-state index contributed by atoms with van der Waals surface area (Å²) in [6, 6.07) is 7.30. The molecule has 0 aromatic carbocycles. The summed E-state index contributed by atoms with van der Waals surface area (Å²) in [6.45, 7) is 0. The Balaban J connectivity index is 1.72. The Morgan fingerprint density at radius 3 is 1.84 bits per heavy atom. The van der Waals surface area contributed by atoms with E-state index in [2.05, 4.69) is 20.2 Å². The predicted molar refractivity (Wildman–Crippen MR) is 66.0 cm³/mol. The van der Waals surface area contributed by atoms with E-state index < -0.39 is 0 Å². The molecular weight excluding hydrogens is 244 g/mol. The summed E-state index contributed by atoms with van der Waals surface area (Å²) in [6.07, 6.45) is 6.60. The normalized spacial score (nSPS) is 11.2. The quantitative estimate of drug-likeness (QED) is 0.541. The van der Waals surface area contributed by atoms with Crippen molar-refractivity contribution in [3.05, 3.63) is 49.3 Å². The van der Waals surface area contributed by atoms with E-state index in [0.29, 0.717) is 11.5 Å². The maximum atomic E-state index is 5.77. The van der Waals surface area contributed by atoms with Gasteiger partial charge in [-0.1, -0.05) is 0 Å². The molecule has 0 atom stereocenters. The van der Waals surface area contributed by atoms with Crippen molar-refractivity contribution in [2.24, 2.45) is 0 Å². The van der Waals surface area contributed by atoms with Gasteiger partial charge < -0.3 is 4.74 Å². The second-order valence-corrected chi connectivity index (χ2v) is 3.95. The third-order valence-electron chi connectivity index (χ3n) is 2.74. The van der Waals surface area contributed by atoms with Gasteiger partial charge >= 0.3 is 0 Å². The molecule has 7 heteroatoms. The van der Waals surface area contributed by atoms with E-state index in [0.717, 1.165) is 11.3 Å². The van der Waals surface area contributed by atoms with Gasteiger partial charge in [0, 0.05) is 24.5 Å². The van der Waals surface area contributed by atoms with Gasteiger partial charge in [0.1, 0.15) is 24.2 Å². The van der Waals surface area contributed by atoms with Gasteiger partial charge in [-0.05, 0) is 12.1 Å². The monoisotopic (exact) mass is 252 g/mol. The van der Waals surface area contributed by atoms with Crippen molar-refractivity contribution in [1.29, 1.82) is 0 Å². The van der Waals surface area contributed by atoms with E-state index in [1.165, 1.54) is 12.7 Å². The highest BCUT2D eigenvalue weighted by atomic mass is 16.5. The number of hydrogen-bond acceptors (Lipinski definition) is 5. The van der Waals surface area contributed by atoms with Gasteiger partial charge in [-0.2, -0.15) is 10.2 Å². The van der Waals surface area contributed by atoms with Gasteiger partial charge in [0.25, 0.3) is 0 Å². The highest BCUT2D eigenvalue weighted by Crippen LogP contribution is 2.22. The zero-order chi connectivity index (χ0) is 12.7. The molecule has 4 heterocycles. The predicted octanol–water partition coefficient (Wildman–Crippen LogP) is 1.56. The number of fused-ring (bicyclic) bond motifs is 2. The number of pyridine rings is 2. The molecule has 4 aromatic rings. The van der Waals surface area contributed by atoms with Crippen LogP contribution in [0.4, 0.5) is 0 Å². The molecule has 0 N–H and O–H groups in total. The van der Waals surface area contributed by atoms with Crippen molar-refractivity contribution in [2.45, 2.75) is 0 Å². The summed E-state index contributed by atoms with van der Waals surface area (Å²) in [4.78, 5) is 8.22. The lowest BCUT2D eigenvalue weighted by molar-refractivity contribution is 0.481. The third kappa shape index (κ3) is 1.68. The molecule has 92 valence electrons. The number of nitrogens with zero attached hydrogens (tertiary/aromatic N) is 6. The fourth-order valence-electron chi connectivity index (χ4n) is 1.86. The molecular formula is C12H8N6O. The second kappa shape index (κ2) is 3.77. The van der Waals surface area contributed by atoms with Crippen LogP contribution in [0, 0.1) is 0 Å². The van der Waals surface area contributed by atoms with Crippen LogP contribution in [-0.4, -0.2) is 29.2 Å². The Morgan fingerprint density at radius 2 is 1.32 bits per heavy atom. The van der Waals surface area contributed by atoms with E-state index in [1.807, 2.05) is 24.3 Å². The molecule has 0 saturated heterocycles. The summed E-state index contributed by atoms with van der Waals surface area (Å²) < 4.78 is 9.12. The first kappa shape index (κ1) is 10.0. The molecule has 0 aliphatic carbocycles. The molecule has 0 unspecified atom stereocenters. The Bertz CT molecular complexity index is 793. The Hall–Kier alpha value is -2.96. The molecule has 0 bridgehead atoms. The van der Waals surface area contributed by atoms with Gasteiger partial charge in [-0.3, -0.25) is 0 Å². The van der Waals surface area contributed by atoms with Crippen LogP contribution < -0.4 is 4.74 Å². The van der Waals surface area contributed by atoms with E-state index in [-0.39, 0.29) is 0 Å². The molecule has 4 rings (SSSR count). The van der Waals surface area contributed by atoms with E-state index >= 15 is 0 Å². The number of hydrogen-bond donors (Lipinski definition) is 0. The summed E-state index contributed by atoms with van der Waals surface area (Å²) in [5.74, 6) is 1.40. The molecule has 0 aliphatic heterocycles. The first-order valence-corrected chi connectivity index (χ1v) is 5.65. The summed E-state index contributed by atoms with van der Waals surface area (Å²) in [5.41, 5.74) is 1.47. The average Bonchev–Trinajstić information content (AvgIpc) is 3.05. The smallest absolute Gasteiger partial charge is 0.158 e. The van der Waals surface area contributed by atoms with Crippen molar-refractivity contribution in [1.82, 2.24) is 29.2 Å². The van der Waals surface area contributed by atoms with Crippen molar-refractivity contribution in [3.63, 3.8) is 0 Å². The summed E-state index contributed by atoms with van der Waals surface area (Å²) >= 11 is 0. The fourth-order valence-corrected chi connectivity index (χ4v) is 1.86. The van der Waals surface area contributed by atoms with Gasteiger partial charge in [-0.25, -0.2) is 19.0 Å². The zero-order valence-corrected chi connectivity index (χ0v) is 9.71. The van der Waals surface area contributed by atoms with Crippen molar-refractivity contribution < 1.29 is 4.74 Å². The van der Waals surface area contributed by atoms with Gasteiger partial charge in [-0.15, -0.1) is 0 Å². The highest BCUT2D eigenvalue weighted by Gasteiger charge is 2.03. The first-order chi connectivity index (χ1) is 9.38. The lowest BCUT2D eigenvalue weighted by atomic mass is 10.4. The zero-order valence-electron chi connectivity index (χ0n) is 9.71. The maximum Gasteiger partial charge on any atom is 0.158 e. The van der Waals surface area contributed by atoms with E-state index in [9.17, 15) is 0 Å². The van der Waals surface area contributed by atoms with E-state index in [1.54, 1.807) is 21.4 Å². The standard InChI is InChI=1S/C12H8N6O/c1-3-17-11(13-7-15-17)5-9(1)19-10-2-4-18-12(6-10)14-8-16-18/h1-8H. The SMILES string of the molecule is c1nc2cc(Oc3ccn4ncnc4c3)ccn2n1. The number of rotatable bonds is 2. The van der Waals surface area contributed by atoms with Crippen LogP contribution in [0.5, 0.6) is 11.5 Å². The Morgan fingerprint density at radius 1 is 0.789 bits per heavy atom. The molecule has 0 amide bonds. The molecule has 0 spiro atoms. The van der Waals surface area contributed by atoms with Crippen LogP contribution >= 0.6 is 0 Å². The molecule has 19 heavy (non-hydrogen) atoms. The lowest BCUT2D eigenvalue weighted by Crippen LogP contribution is -1.91. The van der Waals surface area contributed by atoms with Gasteiger partial charge in [0.05, 0.1) is 0 Å². The minimum Gasteiger partial charge on any atom is -0.457 e. The minimum absolute atomic E-state index is 0.698. The second-order valence-electron chi connectivity index (χ2n) is 3.95. The van der Waals surface area contributed by atoms with Crippen LogP contribution in [0.15, 0.2) is 49.3 Å². The van der Waals surface area contributed by atoms with Crippen LogP contribution in [0.3, 0.4) is 0 Å². The van der Waals surface area contributed by atoms with E-state index in [4.69, 9.17) is 4.74 Å². The van der Waals surface area contributed by atoms with Crippen molar-refractivity contribution in [3.8, 4) is 11.5 Å². The van der Waals surface area contributed by atoms with Gasteiger partial charge in [0.15, 0.2) is 11.3 Å².